The molecule has 0 aliphatic rings. The van der Waals surface area contributed by atoms with Gasteiger partial charge in [-0.05, 0) is 35.2 Å². The Morgan fingerprint density at radius 3 is 2.62 bits per heavy atom. The molecule has 0 bridgehead atoms. The van der Waals surface area contributed by atoms with E-state index in [1.54, 1.807) is 11.4 Å². The number of thioether (sulfide) groups is 1. The summed E-state index contributed by atoms with van der Waals surface area (Å²) in [5, 5.41) is 4.61. The van der Waals surface area contributed by atoms with Crippen LogP contribution in [0.5, 0.6) is 0 Å². The van der Waals surface area contributed by atoms with Gasteiger partial charge in [0.05, 0.1) is 23.4 Å². The van der Waals surface area contributed by atoms with E-state index in [0.717, 1.165) is 29.5 Å². The number of carbonyl (C=O) groups is 1. The molecule has 0 unspecified atom stereocenters. The van der Waals surface area contributed by atoms with Crippen molar-refractivity contribution in [2.45, 2.75) is 17.9 Å². The zero-order chi connectivity index (χ0) is 22.7. The number of hydrogen-bond acceptors (Lipinski definition) is 5. The highest BCUT2D eigenvalue weighted by molar-refractivity contribution is 7.99. The minimum atomic E-state index is -4.50. The van der Waals surface area contributed by atoms with Crippen molar-refractivity contribution < 1.29 is 18.0 Å². The van der Waals surface area contributed by atoms with E-state index in [9.17, 15) is 22.8 Å². The second kappa shape index (κ2) is 9.17. The number of aromatic nitrogens is 2. The number of benzene rings is 2. The van der Waals surface area contributed by atoms with Gasteiger partial charge in [-0.2, -0.15) is 13.2 Å². The number of rotatable bonds is 6. The lowest BCUT2D eigenvalue weighted by atomic mass is 10.2. The fraction of sp³-hybridized carbons (Fsp3) is 0.136. The van der Waals surface area contributed by atoms with Crippen molar-refractivity contribution in [3.05, 3.63) is 87.5 Å². The van der Waals surface area contributed by atoms with Gasteiger partial charge in [-0.25, -0.2) is 4.98 Å². The van der Waals surface area contributed by atoms with Gasteiger partial charge in [0.1, 0.15) is 4.70 Å². The lowest BCUT2D eigenvalue weighted by Gasteiger charge is -2.13. The summed E-state index contributed by atoms with van der Waals surface area (Å²) in [4.78, 5) is 29.9. The molecule has 4 aromatic rings. The highest BCUT2D eigenvalue weighted by atomic mass is 32.2. The van der Waals surface area contributed by atoms with Gasteiger partial charge in [0.15, 0.2) is 5.16 Å². The number of hydrogen-bond donors (Lipinski definition) is 1. The predicted octanol–water partition coefficient (Wildman–Crippen LogP) is 5.26. The molecular weight excluding hydrogens is 459 g/mol. The Labute approximate surface area is 188 Å². The summed E-state index contributed by atoms with van der Waals surface area (Å²) in [5.41, 5.74) is 0.458. The maximum atomic E-state index is 13.0. The largest absolute Gasteiger partial charge is 0.416 e. The zero-order valence-electron chi connectivity index (χ0n) is 16.4. The van der Waals surface area contributed by atoms with E-state index in [0.29, 0.717) is 15.4 Å². The van der Waals surface area contributed by atoms with Crippen molar-refractivity contribution in [3.8, 4) is 0 Å². The summed E-state index contributed by atoms with van der Waals surface area (Å²) in [7, 11) is 0. The molecule has 0 saturated carbocycles. The Balaban J connectivity index is 1.54. The van der Waals surface area contributed by atoms with Gasteiger partial charge in [-0.1, -0.05) is 48.2 Å². The van der Waals surface area contributed by atoms with E-state index >= 15 is 0 Å². The first-order chi connectivity index (χ1) is 15.3. The monoisotopic (exact) mass is 475 g/mol. The molecule has 0 spiro atoms. The number of alkyl halides is 3. The lowest BCUT2D eigenvalue weighted by molar-refractivity contribution is -0.137. The van der Waals surface area contributed by atoms with Crippen molar-refractivity contribution in [3.63, 3.8) is 0 Å². The second-order valence-corrected chi connectivity index (χ2v) is 8.68. The van der Waals surface area contributed by atoms with E-state index in [1.165, 1.54) is 28.0 Å². The molecule has 0 radical (unpaired) electrons. The van der Waals surface area contributed by atoms with Crippen LogP contribution in [-0.2, 0) is 17.5 Å². The molecule has 32 heavy (non-hydrogen) atoms. The summed E-state index contributed by atoms with van der Waals surface area (Å²) in [6.07, 6.45) is -4.50. The van der Waals surface area contributed by atoms with Crippen LogP contribution in [0.25, 0.3) is 10.2 Å². The average Bonchev–Trinajstić information content (AvgIpc) is 3.24. The molecule has 0 aliphatic carbocycles. The van der Waals surface area contributed by atoms with E-state index < -0.39 is 17.6 Å². The van der Waals surface area contributed by atoms with Gasteiger partial charge in [0.2, 0.25) is 5.91 Å². The van der Waals surface area contributed by atoms with Crippen LogP contribution < -0.4 is 10.9 Å². The first kappa shape index (κ1) is 22.1. The maximum absolute atomic E-state index is 13.0. The fourth-order valence-electron chi connectivity index (χ4n) is 3.04. The Hall–Kier alpha value is -3.11. The van der Waals surface area contributed by atoms with Crippen molar-refractivity contribution in [2.24, 2.45) is 0 Å². The summed E-state index contributed by atoms with van der Waals surface area (Å²) in [6.45, 7) is 0.290. The van der Waals surface area contributed by atoms with Crippen LogP contribution in [0, 0.1) is 0 Å². The third-order valence-corrected chi connectivity index (χ3v) is 6.39. The summed E-state index contributed by atoms with van der Waals surface area (Å²) < 4.78 is 40.7. The molecule has 2 aromatic heterocycles. The van der Waals surface area contributed by atoms with Crippen molar-refractivity contribution >= 4 is 44.9 Å². The maximum Gasteiger partial charge on any atom is 0.416 e. The third kappa shape index (κ3) is 5.03. The van der Waals surface area contributed by atoms with E-state index in [4.69, 9.17) is 0 Å². The van der Waals surface area contributed by atoms with Crippen molar-refractivity contribution in [2.75, 3.05) is 11.1 Å². The molecule has 0 aliphatic heterocycles. The quantitative estimate of drug-likeness (QED) is 0.305. The van der Waals surface area contributed by atoms with Crippen molar-refractivity contribution in [1.82, 2.24) is 9.55 Å². The minimum absolute atomic E-state index is 0.0494. The van der Waals surface area contributed by atoms with Crippen LogP contribution in [0.4, 0.5) is 18.9 Å². The number of carbonyl (C=O) groups excluding carboxylic acids is 1. The van der Waals surface area contributed by atoms with Gasteiger partial charge in [0, 0.05) is 5.69 Å². The average molecular weight is 476 g/mol. The third-order valence-electron chi connectivity index (χ3n) is 4.52. The van der Waals surface area contributed by atoms with Crippen LogP contribution in [0.3, 0.4) is 0 Å². The van der Waals surface area contributed by atoms with Gasteiger partial charge in [0.25, 0.3) is 5.56 Å². The van der Waals surface area contributed by atoms with Gasteiger partial charge >= 0.3 is 6.18 Å². The second-order valence-electron chi connectivity index (χ2n) is 6.82. The number of thiophene rings is 1. The number of nitrogens with one attached hydrogen (secondary N) is 1. The highest BCUT2D eigenvalue weighted by Gasteiger charge is 2.30. The molecule has 0 fully saturated rings. The molecule has 4 rings (SSSR count). The summed E-state index contributed by atoms with van der Waals surface area (Å²) in [5.74, 6) is -0.618. The lowest BCUT2D eigenvalue weighted by Crippen LogP contribution is -2.24. The van der Waals surface area contributed by atoms with Crippen LogP contribution in [0.2, 0.25) is 0 Å². The predicted molar refractivity (Wildman–Crippen MR) is 120 cm³/mol. The van der Waals surface area contributed by atoms with E-state index in [1.807, 2.05) is 30.3 Å². The molecule has 0 saturated heterocycles. The molecule has 0 atom stereocenters. The van der Waals surface area contributed by atoms with Crippen LogP contribution in [0.15, 0.2) is 76.0 Å². The highest BCUT2D eigenvalue weighted by Crippen LogP contribution is 2.30. The summed E-state index contributed by atoms with van der Waals surface area (Å²) >= 11 is 2.36. The van der Waals surface area contributed by atoms with Gasteiger partial charge in [-0.3, -0.25) is 14.2 Å². The normalized spacial score (nSPS) is 11.6. The molecule has 5 nitrogen and oxygen atoms in total. The SMILES string of the molecule is O=C(CSc1nc2ccsc2c(=O)n1Cc1ccccc1)Nc1cccc(C(F)(F)F)c1. The smallest absolute Gasteiger partial charge is 0.325 e. The molecule has 2 heterocycles. The van der Waals surface area contributed by atoms with Crippen LogP contribution in [0.1, 0.15) is 11.1 Å². The zero-order valence-corrected chi connectivity index (χ0v) is 18.1. The van der Waals surface area contributed by atoms with Gasteiger partial charge < -0.3 is 5.32 Å². The number of halogens is 3. The Kier molecular flexibility index (Phi) is 6.33. The van der Waals surface area contributed by atoms with Crippen LogP contribution >= 0.6 is 23.1 Å². The topological polar surface area (TPSA) is 64.0 Å². The van der Waals surface area contributed by atoms with Gasteiger partial charge in [-0.15, -0.1) is 11.3 Å². The molecular formula is C22H16F3N3O2S2. The van der Waals surface area contributed by atoms with Crippen LogP contribution in [-0.4, -0.2) is 21.2 Å². The van der Waals surface area contributed by atoms with E-state index in [-0.39, 0.29) is 23.5 Å². The number of anilines is 1. The molecule has 10 heteroatoms. The molecule has 1 N–H and O–H groups in total. The first-order valence-corrected chi connectivity index (χ1v) is 11.3. The number of fused-ring (bicyclic) bond motifs is 1. The first-order valence-electron chi connectivity index (χ1n) is 9.43. The molecule has 164 valence electrons. The molecule has 2 aromatic carbocycles. The number of amides is 1. The Morgan fingerprint density at radius 1 is 1.09 bits per heavy atom. The Bertz CT molecular complexity index is 1320. The fourth-order valence-corrected chi connectivity index (χ4v) is 4.62. The minimum Gasteiger partial charge on any atom is -0.325 e. The standard InChI is InChI=1S/C22H16F3N3O2S2/c23-22(24,25)15-7-4-8-16(11-15)26-18(29)13-32-21-27-17-9-10-31-19(17)20(30)28(21)12-14-5-2-1-3-6-14/h1-11H,12-13H2,(H,26,29). The Morgan fingerprint density at radius 2 is 1.88 bits per heavy atom. The molecule has 1 amide bonds. The van der Waals surface area contributed by atoms with E-state index in [2.05, 4.69) is 10.3 Å². The summed E-state index contributed by atoms with van der Waals surface area (Å²) in [6, 6.07) is 15.6. The number of nitrogens with zero attached hydrogens (tertiary/aromatic N) is 2. The van der Waals surface area contributed by atoms with Crippen molar-refractivity contribution in [1.29, 1.82) is 0 Å².